The molecule has 1 aliphatic rings. The number of aromatic nitrogens is 2. The van der Waals surface area contributed by atoms with E-state index in [9.17, 15) is 4.79 Å². The number of benzene rings is 1. The fraction of sp³-hybridized carbons (Fsp3) is 0.389. The second-order valence-electron chi connectivity index (χ2n) is 6.38. The standard InChI is InChI=1S/C18H23N5O/c1-13-10-23(11-14-5-3-2-4-6-14)12-15(13)18(24)21-9-17-20-8-7-16(19)22-17/h2-8,13,15H,9-12H2,1H3,(H,21,24)(H2,19,20,22)/t13-,15-/m1/s1. The summed E-state index contributed by atoms with van der Waals surface area (Å²) < 4.78 is 0. The van der Waals surface area contributed by atoms with Gasteiger partial charge in [-0.2, -0.15) is 0 Å². The van der Waals surface area contributed by atoms with Gasteiger partial charge in [0.25, 0.3) is 0 Å². The third-order valence-electron chi connectivity index (χ3n) is 4.42. The molecule has 1 aromatic heterocycles. The summed E-state index contributed by atoms with van der Waals surface area (Å²) in [5, 5.41) is 2.94. The second-order valence-corrected chi connectivity index (χ2v) is 6.38. The van der Waals surface area contributed by atoms with Crippen molar-refractivity contribution in [2.75, 3.05) is 18.8 Å². The molecule has 0 radical (unpaired) electrons. The number of carbonyl (C=O) groups excluding carboxylic acids is 1. The number of likely N-dealkylation sites (tertiary alicyclic amines) is 1. The molecule has 2 heterocycles. The van der Waals surface area contributed by atoms with Gasteiger partial charge in [0.1, 0.15) is 11.6 Å². The van der Waals surface area contributed by atoms with Gasteiger partial charge in [-0.3, -0.25) is 9.69 Å². The largest absolute Gasteiger partial charge is 0.384 e. The number of nitrogens with zero attached hydrogens (tertiary/aromatic N) is 3. The van der Waals surface area contributed by atoms with E-state index in [0.717, 1.165) is 19.6 Å². The van der Waals surface area contributed by atoms with Crippen molar-refractivity contribution in [2.24, 2.45) is 11.8 Å². The zero-order valence-corrected chi connectivity index (χ0v) is 13.9. The van der Waals surface area contributed by atoms with E-state index >= 15 is 0 Å². The number of nitrogens with two attached hydrogens (primary N) is 1. The molecule has 1 aromatic carbocycles. The number of anilines is 1. The highest BCUT2D eigenvalue weighted by Gasteiger charge is 2.34. The molecule has 0 unspecified atom stereocenters. The molecule has 6 heteroatoms. The van der Waals surface area contributed by atoms with Crippen LogP contribution in [-0.4, -0.2) is 33.9 Å². The molecule has 1 amide bonds. The Bertz CT molecular complexity index is 691. The van der Waals surface area contributed by atoms with E-state index in [1.165, 1.54) is 5.56 Å². The number of hydrogen-bond acceptors (Lipinski definition) is 5. The van der Waals surface area contributed by atoms with Crippen molar-refractivity contribution in [3.05, 3.63) is 54.0 Å². The Kier molecular flexibility index (Phi) is 5.05. The molecule has 0 spiro atoms. The van der Waals surface area contributed by atoms with Crippen LogP contribution < -0.4 is 11.1 Å². The highest BCUT2D eigenvalue weighted by Crippen LogP contribution is 2.24. The summed E-state index contributed by atoms with van der Waals surface area (Å²) in [6.45, 7) is 5.03. The molecular weight excluding hydrogens is 302 g/mol. The highest BCUT2D eigenvalue weighted by atomic mass is 16.1. The molecule has 1 aliphatic heterocycles. The minimum Gasteiger partial charge on any atom is -0.384 e. The summed E-state index contributed by atoms with van der Waals surface area (Å²) in [5.74, 6) is 1.34. The van der Waals surface area contributed by atoms with Gasteiger partial charge in [-0.15, -0.1) is 0 Å². The van der Waals surface area contributed by atoms with Gasteiger partial charge in [0.15, 0.2) is 0 Å². The van der Waals surface area contributed by atoms with E-state index in [2.05, 4.69) is 39.2 Å². The molecule has 3 rings (SSSR count). The Morgan fingerprint density at radius 3 is 2.83 bits per heavy atom. The van der Waals surface area contributed by atoms with Gasteiger partial charge in [0, 0.05) is 25.8 Å². The Labute approximate surface area is 142 Å². The van der Waals surface area contributed by atoms with Crippen LogP contribution in [0.25, 0.3) is 0 Å². The molecule has 0 bridgehead atoms. The molecular formula is C18H23N5O. The zero-order valence-electron chi connectivity index (χ0n) is 13.9. The van der Waals surface area contributed by atoms with Gasteiger partial charge < -0.3 is 11.1 Å². The smallest absolute Gasteiger partial charge is 0.225 e. The molecule has 2 aromatic rings. The molecule has 24 heavy (non-hydrogen) atoms. The molecule has 1 saturated heterocycles. The molecule has 3 N–H and O–H groups in total. The molecule has 2 atom stereocenters. The average molecular weight is 325 g/mol. The summed E-state index contributed by atoms with van der Waals surface area (Å²) in [7, 11) is 0. The first kappa shape index (κ1) is 16.4. The van der Waals surface area contributed by atoms with E-state index in [0.29, 0.717) is 24.1 Å². The Morgan fingerprint density at radius 1 is 1.29 bits per heavy atom. The molecule has 126 valence electrons. The van der Waals surface area contributed by atoms with Crippen LogP contribution in [0.4, 0.5) is 5.82 Å². The maximum atomic E-state index is 12.5. The van der Waals surface area contributed by atoms with Crippen molar-refractivity contribution < 1.29 is 4.79 Å². The van der Waals surface area contributed by atoms with Gasteiger partial charge in [-0.05, 0) is 17.5 Å². The molecule has 1 fully saturated rings. The van der Waals surface area contributed by atoms with Crippen LogP contribution in [0, 0.1) is 11.8 Å². The number of carbonyl (C=O) groups is 1. The fourth-order valence-corrected chi connectivity index (χ4v) is 3.18. The van der Waals surface area contributed by atoms with E-state index in [4.69, 9.17) is 5.73 Å². The van der Waals surface area contributed by atoms with E-state index in [-0.39, 0.29) is 11.8 Å². The molecule has 6 nitrogen and oxygen atoms in total. The van der Waals surface area contributed by atoms with Gasteiger partial charge in [0.2, 0.25) is 5.91 Å². The second kappa shape index (κ2) is 7.40. The van der Waals surface area contributed by atoms with Crippen molar-refractivity contribution in [1.82, 2.24) is 20.2 Å². The topological polar surface area (TPSA) is 84.1 Å². The highest BCUT2D eigenvalue weighted by molar-refractivity contribution is 5.79. The van der Waals surface area contributed by atoms with E-state index in [1.807, 2.05) is 18.2 Å². The zero-order chi connectivity index (χ0) is 16.9. The summed E-state index contributed by atoms with van der Waals surface area (Å²) in [6.07, 6.45) is 1.60. The maximum absolute atomic E-state index is 12.5. The SMILES string of the molecule is C[C@@H]1CN(Cc2ccccc2)C[C@H]1C(=O)NCc1nccc(N)n1. The maximum Gasteiger partial charge on any atom is 0.225 e. The van der Waals surface area contributed by atoms with Crippen molar-refractivity contribution in [3.8, 4) is 0 Å². The monoisotopic (exact) mass is 325 g/mol. The van der Waals surface area contributed by atoms with Crippen LogP contribution in [0.2, 0.25) is 0 Å². The third-order valence-corrected chi connectivity index (χ3v) is 4.42. The van der Waals surface area contributed by atoms with Gasteiger partial charge in [-0.25, -0.2) is 9.97 Å². The lowest BCUT2D eigenvalue weighted by molar-refractivity contribution is -0.125. The fourth-order valence-electron chi connectivity index (χ4n) is 3.18. The van der Waals surface area contributed by atoms with Crippen LogP contribution in [0.3, 0.4) is 0 Å². The summed E-state index contributed by atoms with van der Waals surface area (Å²) >= 11 is 0. The van der Waals surface area contributed by atoms with Gasteiger partial charge in [-0.1, -0.05) is 37.3 Å². The predicted molar refractivity (Wildman–Crippen MR) is 92.7 cm³/mol. The minimum atomic E-state index is -0.00484. The van der Waals surface area contributed by atoms with Crippen molar-refractivity contribution in [3.63, 3.8) is 0 Å². The Hall–Kier alpha value is -2.47. The Balaban J connectivity index is 1.53. The van der Waals surface area contributed by atoms with Crippen molar-refractivity contribution in [2.45, 2.75) is 20.0 Å². The summed E-state index contributed by atoms with van der Waals surface area (Å²) in [4.78, 5) is 23.0. The van der Waals surface area contributed by atoms with E-state index in [1.54, 1.807) is 12.3 Å². The lowest BCUT2D eigenvalue weighted by Crippen LogP contribution is -2.34. The average Bonchev–Trinajstić information content (AvgIpc) is 2.94. The summed E-state index contributed by atoms with van der Waals surface area (Å²) in [6, 6.07) is 12.0. The first-order valence-corrected chi connectivity index (χ1v) is 8.23. The van der Waals surface area contributed by atoms with Crippen LogP contribution in [0.5, 0.6) is 0 Å². The molecule has 0 saturated carbocycles. The molecule has 0 aliphatic carbocycles. The predicted octanol–water partition coefficient (Wildman–Crippen LogP) is 1.44. The third kappa shape index (κ3) is 4.08. The first-order chi connectivity index (χ1) is 11.6. The number of nitrogen functional groups attached to an aromatic ring is 1. The lowest BCUT2D eigenvalue weighted by atomic mass is 9.97. The van der Waals surface area contributed by atoms with Crippen molar-refractivity contribution in [1.29, 1.82) is 0 Å². The van der Waals surface area contributed by atoms with Gasteiger partial charge >= 0.3 is 0 Å². The van der Waals surface area contributed by atoms with Crippen LogP contribution >= 0.6 is 0 Å². The van der Waals surface area contributed by atoms with Crippen LogP contribution in [0.1, 0.15) is 18.3 Å². The number of amides is 1. The number of hydrogen-bond donors (Lipinski definition) is 2. The Morgan fingerprint density at radius 2 is 2.08 bits per heavy atom. The van der Waals surface area contributed by atoms with E-state index < -0.39 is 0 Å². The first-order valence-electron chi connectivity index (χ1n) is 8.23. The van der Waals surface area contributed by atoms with Gasteiger partial charge in [0.05, 0.1) is 12.5 Å². The number of nitrogens with one attached hydrogen (secondary N) is 1. The van der Waals surface area contributed by atoms with Crippen LogP contribution in [0.15, 0.2) is 42.6 Å². The van der Waals surface area contributed by atoms with Crippen LogP contribution in [-0.2, 0) is 17.9 Å². The van der Waals surface area contributed by atoms with Crippen molar-refractivity contribution >= 4 is 11.7 Å². The number of rotatable bonds is 5. The quantitative estimate of drug-likeness (QED) is 0.869. The lowest BCUT2D eigenvalue weighted by Gasteiger charge is -2.16. The minimum absolute atomic E-state index is 0.00484. The summed E-state index contributed by atoms with van der Waals surface area (Å²) in [5.41, 5.74) is 6.91. The normalized spacial score (nSPS) is 20.9.